The number of para-hydroxylation sites is 1. The number of ether oxygens (including phenoxy) is 1. The van der Waals surface area contributed by atoms with Crippen LogP contribution in [-0.4, -0.2) is 22.5 Å². The van der Waals surface area contributed by atoms with Crippen LogP contribution in [0.25, 0.3) is 0 Å². The maximum absolute atomic E-state index is 13.0. The normalized spacial score (nSPS) is 32.2. The Bertz CT molecular complexity index is 963. The molecule has 6 nitrogen and oxygen atoms in total. The number of hydrogen-bond acceptors (Lipinski definition) is 4. The lowest BCUT2D eigenvalue weighted by atomic mass is 9.52. The average Bonchev–Trinajstić information content (AvgIpc) is 2.72. The standard InChI is InChI=1S/C23H25N3O3/c1-22-10-9-15(12-18(22)21(28)25-13-16-6-4-5-11-24-16)23(14-22)26-20(27)17-7-2-3-8-19(17)29-23/h2-8,11,15,18H,9-10,12-14H2,1H3,(H,25,28)(H,26,27)/t15-,18-,22-,23+/m1/s1. The van der Waals surface area contributed by atoms with Crippen molar-refractivity contribution in [2.45, 2.75) is 44.9 Å². The van der Waals surface area contributed by atoms with Gasteiger partial charge in [-0.3, -0.25) is 14.6 Å². The molecule has 1 aromatic carbocycles. The fourth-order valence-corrected chi connectivity index (χ4v) is 5.46. The summed E-state index contributed by atoms with van der Waals surface area (Å²) in [5.74, 6) is 0.656. The highest BCUT2D eigenvalue weighted by molar-refractivity contribution is 5.98. The number of carbonyl (C=O) groups is 2. The lowest BCUT2D eigenvalue weighted by Crippen LogP contribution is -2.69. The molecule has 6 rings (SSSR count). The van der Waals surface area contributed by atoms with Crippen molar-refractivity contribution in [2.24, 2.45) is 17.3 Å². The predicted octanol–water partition coefficient (Wildman–Crippen LogP) is 3.04. The first-order chi connectivity index (χ1) is 14.0. The highest BCUT2D eigenvalue weighted by atomic mass is 16.5. The van der Waals surface area contributed by atoms with Gasteiger partial charge in [-0.15, -0.1) is 0 Å². The van der Waals surface area contributed by atoms with E-state index >= 15 is 0 Å². The molecular formula is C23H25N3O3. The van der Waals surface area contributed by atoms with Gasteiger partial charge in [0, 0.05) is 24.5 Å². The van der Waals surface area contributed by atoms with Gasteiger partial charge in [-0.1, -0.05) is 25.1 Å². The zero-order chi connectivity index (χ0) is 20.1. The monoisotopic (exact) mass is 391 g/mol. The molecule has 3 aliphatic carbocycles. The minimum Gasteiger partial charge on any atom is -0.467 e. The maximum atomic E-state index is 13.0. The summed E-state index contributed by atoms with van der Waals surface area (Å²) in [6.07, 6.45) is 5.00. The fraction of sp³-hybridized carbons (Fsp3) is 0.435. The molecule has 2 heterocycles. The third kappa shape index (κ3) is 2.98. The third-order valence-electron chi connectivity index (χ3n) is 6.99. The van der Waals surface area contributed by atoms with E-state index in [1.807, 2.05) is 36.4 Å². The molecule has 2 N–H and O–H groups in total. The van der Waals surface area contributed by atoms with Crippen LogP contribution in [0.4, 0.5) is 0 Å². The van der Waals surface area contributed by atoms with Crippen LogP contribution >= 0.6 is 0 Å². The Hall–Kier alpha value is -2.89. The van der Waals surface area contributed by atoms with E-state index in [4.69, 9.17) is 4.74 Å². The molecule has 1 spiro atoms. The lowest BCUT2D eigenvalue weighted by molar-refractivity contribution is -0.167. The molecule has 150 valence electrons. The summed E-state index contributed by atoms with van der Waals surface area (Å²) in [5.41, 5.74) is 0.496. The zero-order valence-electron chi connectivity index (χ0n) is 16.5. The van der Waals surface area contributed by atoms with Crippen molar-refractivity contribution in [1.29, 1.82) is 0 Å². The second-order valence-electron chi connectivity index (χ2n) is 8.84. The van der Waals surface area contributed by atoms with Crippen LogP contribution in [0, 0.1) is 17.3 Å². The first kappa shape index (κ1) is 18.2. The number of fused-ring (bicyclic) bond motifs is 3. The molecule has 3 fully saturated rings. The van der Waals surface area contributed by atoms with Crippen LogP contribution in [0.1, 0.15) is 48.7 Å². The van der Waals surface area contributed by atoms with Gasteiger partial charge >= 0.3 is 0 Å². The largest absolute Gasteiger partial charge is 0.467 e. The number of rotatable bonds is 3. The predicted molar refractivity (Wildman–Crippen MR) is 107 cm³/mol. The number of benzene rings is 1. The molecular weight excluding hydrogens is 366 g/mol. The molecule has 0 unspecified atom stereocenters. The third-order valence-corrected chi connectivity index (χ3v) is 6.99. The van der Waals surface area contributed by atoms with E-state index in [0.717, 1.165) is 18.5 Å². The lowest BCUT2D eigenvalue weighted by Gasteiger charge is -2.59. The van der Waals surface area contributed by atoms with Crippen molar-refractivity contribution in [2.75, 3.05) is 0 Å². The number of aromatic nitrogens is 1. The minimum atomic E-state index is -0.712. The van der Waals surface area contributed by atoms with E-state index in [0.29, 0.717) is 30.7 Å². The van der Waals surface area contributed by atoms with Gasteiger partial charge in [-0.05, 0) is 48.9 Å². The Balaban J connectivity index is 1.35. The molecule has 1 aliphatic heterocycles. The summed E-state index contributed by atoms with van der Waals surface area (Å²) in [7, 11) is 0. The molecule has 29 heavy (non-hydrogen) atoms. The molecule has 2 amide bonds. The minimum absolute atomic E-state index is 0.0697. The summed E-state index contributed by atoms with van der Waals surface area (Å²) in [4.78, 5) is 30.0. The maximum Gasteiger partial charge on any atom is 0.258 e. The van der Waals surface area contributed by atoms with Crippen molar-refractivity contribution in [3.8, 4) is 5.75 Å². The van der Waals surface area contributed by atoms with Crippen molar-refractivity contribution < 1.29 is 14.3 Å². The summed E-state index contributed by atoms with van der Waals surface area (Å²) >= 11 is 0. The fourth-order valence-electron chi connectivity index (χ4n) is 5.46. The molecule has 2 bridgehead atoms. The molecule has 4 aliphatic rings. The SMILES string of the molecule is C[C@]12CC[C@H](C[C@@H]1C(=O)NCc1ccccn1)[C@@]1(C2)NC(=O)c2ccccc2O1. The number of nitrogens with one attached hydrogen (secondary N) is 2. The summed E-state index contributed by atoms with van der Waals surface area (Å²) in [5, 5.41) is 6.22. The van der Waals surface area contributed by atoms with Crippen molar-refractivity contribution in [1.82, 2.24) is 15.6 Å². The second-order valence-corrected chi connectivity index (χ2v) is 8.84. The van der Waals surface area contributed by atoms with E-state index in [9.17, 15) is 9.59 Å². The Morgan fingerprint density at radius 2 is 2.10 bits per heavy atom. The smallest absolute Gasteiger partial charge is 0.258 e. The van der Waals surface area contributed by atoms with Gasteiger partial charge in [-0.2, -0.15) is 0 Å². The first-order valence-electron chi connectivity index (χ1n) is 10.3. The van der Waals surface area contributed by atoms with Gasteiger partial charge < -0.3 is 15.4 Å². The van der Waals surface area contributed by atoms with Crippen LogP contribution in [0.2, 0.25) is 0 Å². The average molecular weight is 391 g/mol. The van der Waals surface area contributed by atoms with Crippen molar-refractivity contribution in [3.63, 3.8) is 0 Å². The van der Waals surface area contributed by atoms with E-state index in [2.05, 4.69) is 22.5 Å². The van der Waals surface area contributed by atoms with Crippen LogP contribution in [0.5, 0.6) is 5.75 Å². The molecule has 6 heteroatoms. The molecule has 0 saturated heterocycles. The quantitative estimate of drug-likeness (QED) is 0.843. The highest BCUT2D eigenvalue weighted by Gasteiger charge is 2.61. The number of carbonyl (C=O) groups excluding carboxylic acids is 2. The van der Waals surface area contributed by atoms with E-state index in [-0.39, 0.29) is 29.1 Å². The number of nitrogens with zero attached hydrogens (tertiary/aromatic N) is 1. The van der Waals surface area contributed by atoms with Crippen LogP contribution < -0.4 is 15.4 Å². The Labute approximate surface area is 170 Å². The second kappa shape index (κ2) is 6.58. The van der Waals surface area contributed by atoms with Gasteiger partial charge in [0.05, 0.1) is 17.8 Å². The summed E-state index contributed by atoms with van der Waals surface area (Å²) < 4.78 is 6.41. The number of amides is 2. The summed E-state index contributed by atoms with van der Waals surface area (Å²) in [6.45, 7) is 2.59. The number of pyridine rings is 1. The molecule has 3 saturated carbocycles. The Morgan fingerprint density at radius 1 is 1.28 bits per heavy atom. The Kier molecular flexibility index (Phi) is 4.12. The van der Waals surface area contributed by atoms with Crippen LogP contribution in [-0.2, 0) is 11.3 Å². The van der Waals surface area contributed by atoms with Gasteiger partial charge in [0.1, 0.15) is 5.75 Å². The van der Waals surface area contributed by atoms with E-state index in [1.54, 1.807) is 12.3 Å². The topological polar surface area (TPSA) is 80.3 Å². The van der Waals surface area contributed by atoms with Gasteiger partial charge in [-0.25, -0.2) is 0 Å². The van der Waals surface area contributed by atoms with Gasteiger partial charge in [0.25, 0.3) is 5.91 Å². The number of hydrogen-bond donors (Lipinski definition) is 2. The van der Waals surface area contributed by atoms with E-state index in [1.165, 1.54) is 0 Å². The van der Waals surface area contributed by atoms with Crippen LogP contribution in [0.15, 0.2) is 48.7 Å². The van der Waals surface area contributed by atoms with E-state index < -0.39 is 5.72 Å². The van der Waals surface area contributed by atoms with Crippen LogP contribution in [0.3, 0.4) is 0 Å². The molecule has 2 aromatic rings. The first-order valence-corrected chi connectivity index (χ1v) is 10.3. The highest BCUT2D eigenvalue weighted by Crippen LogP contribution is 2.58. The molecule has 0 radical (unpaired) electrons. The molecule has 4 atom stereocenters. The zero-order valence-corrected chi connectivity index (χ0v) is 16.5. The van der Waals surface area contributed by atoms with Gasteiger partial charge in [0.2, 0.25) is 5.91 Å². The van der Waals surface area contributed by atoms with Crippen molar-refractivity contribution >= 4 is 11.8 Å². The van der Waals surface area contributed by atoms with Crippen molar-refractivity contribution in [3.05, 3.63) is 59.9 Å². The van der Waals surface area contributed by atoms with Gasteiger partial charge in [0.15, 0.2) is 5.72 Å². The summed E-state index contributed by atoms with van der Waals surface area (Å²) in [6, 6.07) is 13.1. The Morgan fingerprint density at radius 3 is 2.90 bits per heavy atom. The molecule has 1 aromatic heterocycles.